The van der Waals surface area contributed by atoms with Crippen LogP contribution in [0.15, 0.2) is 6.20 Å². The molecule has 0 saturated heterocycles. The van der Waals surface area contributed by atoms with Gasteiger partial charge in [0.15, 0.2) is 0 Å². The van der Waals surface area contributed by atoms with E-state index in [0.29, 0.717) is 30.8 Å². The topological polar surface area (TPSA) is 44.2 Å². The summed E-state index contributed by atoms with van der Waals surface area (Å²) in [6, 6.07) is 0. The molecule has 4 nitrogen and oxygen atoms in total. The number of nitrogens with zero attached hydrogens (tertiary/aromatic N) is 2. The van der Waals surface area contributed by atoms with Gasteiger partial charge in [0.1, 0.15) is 11.6 Å². The third-order valence-electron chi connectivity index (χ3n) is 1.60. The normalized spacial score (nSPS) is 10.8. The van der Waals surface area contributed by atoms with Gasteiger partial charge in [-0.3, -0.25) is 0 Å². The minimum Gasteiger partial charge on any atom is -0.474 e. The lowest BCUT2D eigenvalue weighted by Crippen LogP contribution is -2.11. The van der Waals surface area contributed by atoms with Gasteiger partial charge in [0.05, 0.1) is 12.8 Å². The maximum Gasteiger partial charge on any atom is 0.237 e. The highest BCUT2D eigenvalue weighted by Crippen LogP contribution is 2.21. The molecule has 0 fully saturated rings. The van der Waals surface area contributed by atoms with E-state index in [0.717, 1.165) is 0 Å². The maximum atomic E-state index is 5.81. The zero-order valence-corrected chi connectivity index (χ0v) is 10.8. The molecule has 16 heavy (non-hydrogen) atoms. The van der Waals surface area contributed by atoms with Crippen LogP contribution in [0.1, 0.15) is 13.8 Å². The molecule has 1 rings (SSSR count). The Morgan fingerprint density at radius 3 is 2.75 bits per heavy atom. The summed E-state index contributed by atoms with van der Waals surface area (Å²) in [6.07, 6.45) is 1.40. The Bertz CT molecular complexity index is 335. The standard InChI is InChI=1S/C10H14Cl2N2O2/c1-7(2)6-15-3-4-16-9-8(11)5-13-10(12)14-9/h5,7H,3-4,6H2,1-2H3. The molecule has 0 amide bonds. The van der Waals surface area contributed by atoms with Gasteiger partial charge in [-0.15, -0.1) is 0 Å². The van der Waals surface area contributed by atoms with Gasteiger partial charge in [-0.2, -0.15) is 4.98 Å². The van der Waals surface area contributed by atoms with Crippen molar-refractivity contribution in [2.45, 2.75) is 13.8 Å². The van der Waals surface area contributed by atoms with Crippen LogP contribution in [0.3, 0.4) is 0 Å². The monoisotopic (exact) mass is 264 g/mol. The fourth-order valence-corrected chi connectivity index (χ4v) is 1.22. The molecule has 0 unspecified atom stereocenters. The Morgan fingerprint density at radius 1 is 1.31 bits per heavy atom. The van der Waals surface area contributed by atoms with Crippen LogP contribution in [0.25, 0.3) is 0 Å². The van der Waals surface area contributed by atoms with Gasteiger partial charge in [-0.1, -0.05) is 25.4 Å². The molecule has 0 N–H and O–H groups in total. The first-order valence-electron chi connectivity index (χ1n) is 4.98. The van der Waals surface area contributed by atoms with E-state index in [1.165, 1.54) is 6.20 Å². The van der Waals surface area contributed by atoms with Gasteiger partial charge in [0, 0.05) is 6.61 Å². The second-order valence-corrected chi connectivity index (χ2v) is 4.35. The lowest BCUT2D eigenvalue weighted by Gasteiger charge is -2.08. The molecule has 0 radical (unpaired) electrons. The quantitative estimate of drug-likeness (QED) is 0.586. The molecule has 0 aliphatic carbocycles. The minimum absolute atomic E-state index is 0.113. The maximum absolute atomic E-state index is 5.81. The molecule has 0 saturated carbocycles. The molecule has 0 aliphatic rings. The molecule has 1 aromatic rings. The predicted octanol–water partition coefficient (Wildman–Crippen LogP) is 2.83. The van der Waals surface area contributed by atoms with Gasteiger partial charge in [-0.25, -0.2) is 4.98 Å². The molecule has 0 bridgehead atoms. The highest BCUT2D eigenvalue weighted by Gasteiger charge is 2.05. The molecule has 0 atom stereocenters. The van der Waals surface area contributed by atoms with Crippen LogP contribution in [0.2, 0.25) is 10.3 Å². The number of hydrogen-bond donors (Lipinski definition) is 0. The second-order valence-electron chi connectivity index (χ2n) is 3.61. The van der Waals surface area contributed by atoms with Crippen molar-refractivity contribution < 1.29 is 9.47 Å². The van der Waals surface area contributed by atoms with E-state index in [1.54, 1.807) is 0 Å². The van der Waals surface area contributed by atoms with E-state index in [-0.39, 0.29) is 11.2 Å². The van der Waals surface area contributed by atoms with Gasteiger partial charge >= 0.3 is 0 Å². The highest BCUT2D eigenvalue weighted by atomic mass is 35.5. The Balaban J connectivity index is 2.29. The third kappa shape index (κ3) is 4.96. The Kier molecular flexibility index (Phi) is 5.80. The van der Waals surface area contributed by atoms with Crippen molar-refractivity contribution in [3.63, 3.8) is 0 Å². The van der Waals surface area contributed by atoms with Crippen molar-refractivity contribution in [3.05, 3.63) is 16.5 Å². The van der Waals surface area contributed by atoms with E-state index in [9.17, 15) is 0 Å². The van der Waals surface area contributed by atoms with E-state index < -0.39 is 0 Å². The molecule has 6 heteroatoms. The lowest BCUT2D eigenvalue weighted by atomic mass is 10.2. The minimum atomic E-state index is 0.113. The lowest BCUT2D eigenvalue weighted by molar-refractivity contribution is 0.0806. The average molecular weight is 265 g/mol. The van der Waals surface area contributed by atoms with E-state index in [4.69, 9.17) is 32.7 Å². The van der Waals surface area contributed by atoms with E-state index in [2.05, 4.69) is 23.8 Å². The Labute approximate surface area is 105 Å². The van der Waals surface area contributed by atoms with Gasteiger partial charge in [0.25, 0.3) is 0 Å². The van der Waals surface area contributed by atoms with Crippen LogP contribution in [-0.4, -0.2) is 29.8 Å². The van der Waals surface area contributed by atoms with Gasteiger partial charge < -0.3 is 9.47 Å². The van der Waals surface area contributed by atoms with E-state index in [1.807, 2.05) is 0 Å². The van der Waals surface area contributed by atoms with Crippen LogP contribution in [0.4, 0.5) is 0 Å². The van der Waals surface area contributed by atoms with Crippen LogP contribution in [-0.2, 0) is 4.74 Å². The Morgan fingerprint density at radius 2 is 2.06 bits per heavy atom. The van der Waals surface area contributed by atoms with Crippen LogP contribution in [0.5, 0.6) is 5.88 Å². The summed E-state index contributed by atoms with van der Waals surface area (Å²) < 4.78 is 10.6. The smallest absolute Gasteiger partial charge is 0.237 e. The molecule has 0 aliphatic heterocycles. The molecule has 0 spiro atoms. The zero-order valence-electron chi connectivity index (χ0n) is 9.24. The summed E-state index contributed by atoms with van der Waals surface area (Å²) in [7, 11) is 0. The summed E-state index contributed by atoms with van der Waals surface area (Å²) >= 11 is 11.4. The molecular formula is C10H14Cl2N2O2. The van der Waals surface area contributed by atoms with Gasteiger partial charge in [0.2, 0.25) is 11.2 Å². The molecular weight excluding hydrogens is 251 g/mol. The fourth-order valence-electron chi connectivity index (χ4n) is 0.949. The van der Waals surface area contributed by atoms with Crippen molar-refractivity contribution in [1.29, 1.82) is 0 Å². The SMILES string of the molecule is CC(C)COCCOc1nc(Cl)ncc1Cl. The molecule has 90 valence electrons. The fraction of sp³-hybridized carbons (Fsp3) is 0.600. The third-order valence-corrected chi connectivity index (χ3v) is 2.04. The van der Waals surface area contributed by atoms with Crippen molar-refractivity contribution in [1.82, 2.24) is 9.97 Å². The van der Waals surface area contributed by atoms with Crippen LogP contribution < -0.4 is 4.74 Å². The second kappa shape index (κ2) is 6.89. The van der Waals surface area contributed by atoms with Crippen molar-refractivity contribution >= 4 is 23.2 Å². The summed E-state index contributed by atoms with van der Waals surface area (Å²) in [5.74, 6) is 0.798. The number of aromatic nitrogens is 2. The van der Waals surface area contributed by atoms with Crippen LogP contribution >= 0.6 is 23.2 Å². The summed E-state index contributed by atoms with van der Waals surface area (Å²) in [6.45, 7) is 5.77. The zero-order chi connectivity index (χ0) is 12.0. The molecule has 0 aromatic carbocycles. The van der Waals surface area contributed by atoms with Gasteiger partial charge in [-0.05, 0) is 17.5 Å². The molecule has 1 heterocycles. The summed E-state index contributed by atoms with van der Waals surface area (Å²) in [5, 5.41) is 0.454. The first-order chi connectivity index (χ1) is 7.59. The molecule has 1 aromatic heterocycles. The number of ether oxygens (including phenoxy) is 2. The predicted molar refractivity (Wildman–Crippen MR) is 63.2 cm³/mol. The van der Waals surface area contributed by atoms with E-state index >= 15 is 0 Å². The number of halogens is 2. The summed E-state index contributed by atoms with van der Waals surface area (Å²) in [5.41, 5.74) is 0. The van der Waals surface area contributed by atoms with Crippen molar-refractivity contribution in [3.8, 4) is 5.88 Å². The summed E-state index contributed by atoms with van der Waals surface area (Å²) in [4.78, 5) is 7.57. The average Bonchev–Trinajstić information content (AvgIpc) is 2.22. The van der Waals surface area contributed by atoms with Crippen molar-refractivity contribution in [2.75, 3.05) is 19.8 Å². The number of hydrogen-bond acceptors (Lipinski definition) is 4. The first kappa shape index (κ1) is 13.5. The van der Waals surface area contributed by atoms with Crippen LogP contribution in [0, 0.1) is 5.92 Å². The first-order valence-corrected chi connectivity index (χ1v) is 5.73. The van der Waals surface area contributed by atoms with Crippen molar-refractivity contribution in [2.24, 2.45) is 5.92 Å². The largest absolute Gasteiger partial charge is 0.474 e. The highest BCUT2D eigenvalue weighted by molar-refractivity contribution is 6.32. The number of rotatable bonds is 6. The Hall–Kier alpha value is -0.580.